The van der Waals surface area contributed by atoms with Gasteiger partial charge in [-0.25, -0.2) is 0 Å². The first-order valence-corrected chi connectivity index (χ1v) is 7.78. The first-order valence-electron chi connectivity index (χ1n) is 4.37. The van der Waals surface area contributed by atoms with Crippen molar-refractivity contribution in [3.8, 4) is 0 Å². The molecule has 3 nitrogen and oxygen atoms in total. The second-order valence-electron chi connectivity index (χ2n) is 3.79. The summed E-state index contributed by atoms with van der Waals surface area (Å²) in [5, 5.41) is 2.67. The summed E-state index contributed by atoms with van der Waals surface area (Å²) in [6, 6.07) is 0. The molecule has 1 unspecified atom stereocenters. The molecule has 0 rings (SSSR count). The molecule has 1 amide bonds. The zero-order valence-electron chi connectivity index (χ0n) is 8.39. The van der Waals surface area contributed by atoms with Crippen molar-refractivity contribution in [1.29, 1.82) is 0 Å². The maximum Gasteiger partial charge on any atom is 0.209 e. The molecule has 0 saturated heterocycles. The Bertz CT molecular complexity index is 134. The molecule has 4 heteroatoms. The van der Waals surface area contributed by atoms with Crippen molar-refractivity contribution in [2.45, 2.75) is 45.6 Å². The van der Waals surface area contributed by atoms with E-state index in [-0.39, 0.29) is 6.23 Å². The molecular weight excluding hydrogens is 170 g/mol. The van der Waals surface area contributed by atoms with Gasteiger partial charge in [0.1, 0.15) is 6.23 Å². The number of carbonyl (C=O) groups is 1. The fraction of sp³-hybridized carbons (Fsp3) is 0.875. The predicted molar refractivity (Wildman–Crippen MR) is 52.3 cm³/mol. The van der Waals surface area contributed by atoms with Crippen LogP contribution in [0, 0.1) is 0 Å². The van der Waals surface area contributed by atoms with E-state index in [1.165, 1.54) is 0 Å². The van der Waals surface area contributed by atoms with E-state index in [2.05, 4.69) is 31.9 Å². The van der Waals surface area contributed by atoms with Crippen LogP contribution >= 0.6 is 0 Å². The summed E-state index contributed by atoms with van der Waals surface area (Å²) in [5.74, 6) is 0. The molecule has 0 saturated carbocycles. The van der Waals surface area contributed by atoms with Crippen molar-refractivity contribution >= 4 is 14.7 Å². The summed E-state index contributed by atoms with van der Waals surface area (Å²) < 4.78 is 5.72. The van der Waals surface area contributed by atoms with Crippen LogP contribution in [-0.2, 0) is 9.22 Å². The maximum absolute atomic E-state index is 10.2. The van der Waals surface area contributed by atoms with Gasteiger partial charge in [0, 0.05) is 0 Å². The fourth-order valence-corrected chi connectivity index (χ4v) is 1.98. The summed E-state index contributed by atoms with van der Waals surface area (Å²) in [6.45, 7) is 8.42. The summed E-state index contributed by atoms with van der Waals surface area (Å²) in [7, 11) is -1.52. The molecular formula is C8H19NO2Si. The van der Waals surface area contributed by atoms with Gasteiger partial charge < -0.3 is 9.74 Å². The van der Waals surface area contributed by atoms with Crippen molar-refractivity contribution in [2.24, 2.45) is 0 Å². The topological polar surface area (TPSA) is 38.3 Å². The minimum absolute atomic E-state index is 0.0841. The molecule has 0 fully saturated rings. The molecule has 0 heterocycles. The van der Waals surface area contributed by atoms with Gasteiger partial charge >= 0.3 is 0 Å². The maximum atomic E-state index is 10.2. The van der Waals surface area contributed by atoms with Gasteiger partial charge in [-0.15, -0.1) is 0 Å². The van der Waals surface area contributed by atoms with Crippen molar-refractivity contribution in [1.82, 2.24) is 5.32 Å². The fourth-order valence-electron chi connectivity index (χ4n) is 0.941. The van der Waals surface area contributed by atoms with Gasteiger partial charge in [-0.05, 0) is 26.1 Å². The average molecular weight is 189 g/mol. The smallest absolute Gasteiger partial charge is 0.209 e. The molecule has 1 N–H and O–H groups in total. The molecule has 0 bridgehead atoms. The highest BCUT2D eigenvalue weighted by Crippen LogP contribution is 2.08. The van der Waals surface area contributed by atoms with E-state index in [9.17, 15) is 4.79 Å². The quantitative estimate of drug-likeness (QED) is 0.392. The van der Waals surface area contributed by atoms with Crippen LogP contribution in [-0.4, -0.2) is 21.0 Å². The molecule has 0 spiro atoms. The van der Waals surface area contributed by atoms with Gasteiger partial charge in [0.25, 0.3) is 0 Å². The van der Waals surface area contributed by atoms with Gasteiger partial charge in [0.05, 0.1) is 0 Å². The Morgan fingerprint density at radius 1 is 1.50 bits per heavy atom. The second kappa shape index (κ2) is 5.32. The van der Waals surface area contributed by atoms with Gasteiger partial charge in [-0.1, -0.05) is 13.3 Å². The van der Waals surface area contributed by atoms with Gasteiger partial charge in [-0.3, -0.25) is 4.79 Å². The highest BCUT2D eigenvalue weighted by Gasteiger charge is 2.19. The summed E-state index contributed by atoms with van der Waals surface area (Å²) in [4.78, 5) is 10.2. The lowest BCUT2D eigenvalue weighted by atomic mass is 10.3. The van der Waals surface area contributed by atoms with Crippen molar-refractivity contribution in [3.63, 3.8) is 0 Å². The normalized spacial score (nSPS) is 14.0. The molecule has 0 aliphatic rings. The van der Waals surface area contributed by atoms with Crippen molar-refractivity contribution in [2.75, 3.05) is 0 Å². The molecule has 0 aliphatic carbocycles. The Morgan fingerprint density at radius 3 is 2.42 bits per heavy atom. The van der Waals surface area contributed by atoms with Crippen molar-refractivity contribution in [3.05, 3.63) is 0 Å². The summed E-state index contributed by atoms with van der Waals surface area (Å²) >= 11 is 0. The molecule has 0 radical (unpaired) electrons. The summed E-state index contributed by atoms with van der Waals surface area (Å²) in [5.41, 5.74) is 0. The Hall–Kier alpha value is -0.353. The van der Waals surface area contributed by atoms with Crippen LogP contribution in [0.3, 0.4) is 0 Å². The minimum atomic E-state index is -1.52. The number of rotatable bonds is 6. The van der Waals surface area contributed by atoms with Crippen LogP contribution in [0.15, 0.2) is 0 Å². The van der Waals surface area contributed by atoms with E-state index in [0.29, 0.717) is 6.41 Å². The monoisotopic (exact) mass is 189 g/mol. The highest BCUT2D eigenvalue weighted by molar-refractivity contribution is 6.69. The van der Waals surface area contributed by atoms with Gasteiger partial charge in [-0.2, -0.15) is 0 Å². The van der Waals surface area contributed by atoms with Crippen LogP contribution in [0.5, 0.6) is 0 Å². The van der Waals surface area contributed by atoms with Crippen LogP contribution in [0.4, 0.5) is 0 Å². The Morgan fingerprint density at radius 2 is 2.08 bits per heavy atom. The lowest BCUT2D eigenvalue weighted by molar-refractivity contribution is -0.111. The zero-order valence-corrected chi connectivity index (χ0v) is 9.39. The van der Waals surface area contributed by atoms with E-state index < -0.39 is 8.32 Å². The number of amides is 1. The SMILES string of the molecule is CCCC(NC=O)O[Si](C)(C)C. The Balaban J connectivity index is 3.85. The lowest BCUT2D eigenvalue weighted by Gasteiger charge is -2.25. The van der Waals surface area contributed by atoms with Crippen molar-refractivity contribution < 1.29 is 9.22 Å². The molecule has 72 valence electrons. The Labute approximate surface area is 75.6 Å². The standard InChI is InChI=1S/C8H19NO2Si/c1-5-6-8(9-7-10)11-12(2,3)4/h7-8H,5-6H2,1-4H3,(H,9,10). The summed E-state index contributed by atoms with van der Waals surface area (Å²) in [6.07, 6.45) is 2.54. The third-order valence-corrected chi connectivity index (χ3v) is 2.29. The number of carbonyl (C=O) groups excluding carboxylic acids is 1. The van der Waals surface area contributed by atoms with E-state index in [0.717, 1.165) is 12.8 Å². The molecule has 0 aromatic rings. The first kappa shape index (κ1) is 11.6. The van der Waals surface area contributed by atoms with Gasteiger partial charge in [0.2, 0.25) is 6.41 Å². The number of nitrogens with one attached hydrogen (secondary N) is 1. The van der Waals surface area contributed by atoms with Crippen LogP contribution in [0.2, 0.25) is 19.6 Å². The van der Waals surface area contributed by atoms with Crippen LogP contribution in [0.1, 0.15) is 19.8 Å². The average Bonchev–Trinajstić information content (AvgIpc) is 1.84. The molecule has 0 aromatic heterocycles. The number of hydrogen-bond donors (Lipinski definition) is 1. The van der Waals surface area contributed by atoms with E-state index in [1.54, 1.807) is 0 Å². The second-order valence-corrected chi connectivity index (χ2v) is 8.25. The third kappa shape index (κ3) is 6.36. The predicted octanol–water partition coefficient (Wildman–Crippen LogP) is 1.71. The molecule has 0 aromatic carbocycles. The van der Waals surface area contributed by atoms with E-state index in [1.807, 2.05) is 0 Å². The Kier molecular flexibility index (Phi) is 5.16. The number of hydrogen-bond acceptors (Lipinski definition) is 2. The van der Waals surface area contributed by atoms with Crippen LogP contribution in [0.25, 0.3) is 0 Å². The minimum Gasteiger partial charge on any atom is -0.398 e. The van der Waals surface area contributed by atoms with Gasteiger partial charge in [0.15, 0.2) is 8.32 Å². The molecule has 1 atom stereocenters. The zero-order chi connectivity index (χ0) is 9.61. The molecule has 12 heavy (non-hydrogen) atoms. The molecule has 0 aliphatic heterocycles. The third-order valence-electron chi connectivity index (χ3n) is 1.30. The first-order chi connectivity index (χ1) is 5.49. The largest absolute Gasteiger partial charge is 0.398 e. The van der Waals surface area contributed by atoms with Crippen LogP contribution < -0.4 is 5.32 Å². The van der Waals surface area contributed by atoms with E-state index in [4.69, 9.17) is 4.43 Å². The van der Waals surface area contributed by atoms with E-state index >= 15 is 0 Å². The lowest BCUT2D eigenvalue weighted by Crippen LogP contribution is -2.40. The highest BCUT2D eigenvalue weighted by atomic mass is 28.4.